The maximum Gasteiger partial charge on any atom is 0.0961 e. The fraction of sp³-hybridized carbons (Fsp3) is 0.333. The van der Waals surface area contributed by atoms with Crippen molar-refractivity contribution in [1.29, 1.82) is 0 Å². The minimum Gasteiger partial charge on any atom is -0.306 e. The Labute approximate surface area is 132 Å². The molecule has 0 aliphatic rings. The minimum atomic E-state index is 0.190. The molecule has 0 aliphatic heterocycles. The lowest BCUT2D eigenvalue weighted by Crippen LogP contribution is -2.21. The van der Waals surface area contributed by atoms with Gasteiger partial charge in [0.25, 0.3) is 0 Å². The zero-order chi connectivity index (χ0) is 14.0. The molecule has 1 heterocycles. The summed E-state index contributed by atoms with van der Waals surface area (Å²) in [6.07, 6.45) is 0. The largest absolute Gasteiger partial charge is 0.306 e. The molecule has 0 spiro atoms. The highest BCUT2D eigenvalue weighted by molar-refractivity contribution is 9.10. The first-order chi connectivity index (χ1) is 9.04. The molecule has 1 aromatic carbocycles. The number of thiophene rings is 1. The van der Waals surface area contributed by atoms with Gasteiger partial charge in [0, 0.05) is 9.35 Å². The second kappa shape index (κ2) is 6.40. The fourth-order valence-electron chi connectivity index (χ4n) is 2.09. The summed E-state index contributed by atoms with van der Waals surface area (Å²) in [5, 5.41) is 3.55. The van der Waals surface area contributed by atoms with Crippen LogP contribution in [-0.4, -0.2) is 6.54 Å². The molecule has 19 heavy (non-hydrogen) atoms. The summed E-state index contributed by atoms with van der Waals surface area (Å²) in [5.74, 6) is 0. The Hall–Kier alpha value is -0.350. The molecule has 0 radical (unpaired) electrons. The predicted molar refractivity (Wildman–Crippen MR) is 88.5 cm³/mol. The van der Waals surface area contributed by atoms with Crippen LogP contribution in [-0.2, 0) is 0 Å². The molecule has 1 nitrogen and oxygen atoms in total. The molecule has 0 bridgehead atoms. The summed E-state index contributed by atoms with van der Waals surface area (Å²) in [4.78, 5) is 1.26. The van der Waals surface area contributed by atoms with Gasteiger partial charge in [-0.05, 0) is 43.1 Å². The monoisotopic (exact) mass is 357 g/mol. The van der Waals surface area contributed by atoms with E-state index in [2.05, 4.69) is 66.3 Å². The van der Waals surface area contributed by atoms with Crippen LogP contribution in [0.15, 0.2) is 28.7 Å². The summed E-state index contributed by atoms with van der Waals surface area (Å²) >= 11 is 11.6. The van der Waals surface area contributed by atoms with Gasteiger partial charge >= 0.3 is 0 Å². The second-order valence-corrected chi connectivity index (χ2v) is 7.05. The van der Waals surface area contributed by atoms with E-state index in [4.69, 9.17) is 11.6 Å². The molecule has 1 unspecified atom stereocenters. The van der Waals surface area contributed by atoms with E-state index >= 15 is 0 Å². The lowest BCUT2D eigenvalue weighted by molar-refractivity contribution is 0.637. The Morgan fingerprint density at radius 2 is 2.05 bits per heavy atom. The summed E-state index contributed by atoms with van der Waals surface area (Å²) < 4.78 is 2.05. The smallest absolute Gasteiger partial charge is 0.0961 e. The molecule has 0 saturated carbocycles. The van der Waals surface area contributed by atoms with Crippen molar-refractivity contribution in [2.24, 2.45) is 0 Å². The maximum absolute atomic E-state index is 6.21. The first-order valence-electron chi connectivity index (χ1n) is 6.28. The van der Waals surface area contributed by atoms with Gasteiger partial charge in [-0.2, -0.15) is 0 Å². The van der Waals surface area contributed by atoms with Crippen LogP contribution < -0.4 is 5.32 Å². The molecule has 2 rings (SSSR count). The fourth-order valence-corrected chi connectivity index (χ4v) is 3.89. The average Bonchev–Trinajstić information content (AvgIpc) is 2.70. The van der Waals surface area contributed by atoms with E-state index in [1.54, 1.807) is 11.3 Å². The molecule has 0 amide bonds. The number of halogens is 2. The van der Waals surface area contributed by atoms with Crippen molar-refractivity contribution >= 4 is 38.9 Å². The van der Waals surface area contributed by atoms with Gasteiger partial charge in [0.1, 0.15) is 0 Å². The Morgan fingerprint density at radius 1 is 1.32 bits per heavy atom. The molecule has 1 N–H and O–H groups in total. The van der Waals surface area contributed by atoms with Crippen LogP contribution >= 0.6 is 38.9 Å². The minimum absolute atomic E-state index is 0.190. The lowest BCUT2D eigenvalue weighted by atomic mass is 10.0. The van der Waals surface area contributed by atoms with Crippen LogP contribution in [0, 0.1) is 13.8 Å². The maximum atomic E-state index is 6.21. The van der Waals surface area contributed by atoms with Gasteiger partial charge in [0.15, 0.2) is 0 Å². The third-order valence-electron chi connectivity index (χ3n) is 3.10. The Bertz CT molecular complexity index is 560. The Morgan fingerprint density at radius 3 is 2.63 bits per heavy atom. The SMILES string of the molecule is CCNC(c1cc(C)c(Cl)s1)c1cccc(C)c1Br. The topological polar surface area (TPSA) is 12.0 Å². The zero-order valence-electron chi connectivity index (χ0n) is 11.3. The first kappa shape index (κ1) is 15.0. The molecule has 1 atom stereocenters. The van der Waals surface area contributed by atoms with Crippen LogP contribution in [0.5, 0.6) is 0 Å². The van der Waals surface area contributed by atoms with Crippen molar-refractivity contribution in [2.45, 2.75) is 26.8 Å². The van der Waals surface area contributed by atoms with E-state index in [1.165, 1.54) is 20.5 Å². The second-order valence-electron chi connectivity index (χ2n) is 4.57. The van der Waals surface area contributed by atoms with Crippen molar-refractivity contribution in [3.63, 3.8) is 0 Å². The van der Waals surface area contributed by atoms with E-state index in [-0.39, 0.29) is 6.04 Å². The molecule has 2 aromatic rings. The van der Waals surface area contributed by atoms with Gasteiger partial charge in [-0.3, -0.25) is 0 Å². The van der Waals surface area contributed by atoms with E-state index < -0.39 is 0 Å². The summed E-state index contributed by atoms with van der Waals surface area (Å²) in [5.41, 5.74) is 3.66. The lowest BCUT2D eigenvalue weighted by Gasteiger charge is -2.19. The van der Waals surface area contributed by atoms with Crippen LogP contribution in [0.2, 0.25) is 4.34 Å². The van der Waals surface area contributed by atoms with Crippen LogP contribution in [0.1, 0.15) is 34.5 Å². The van der Waals surface area contributed by atoms with Gasteiger partial charge in [-0.25, -0.2) is 0 Å². The molecule has 0 saturated heterocycles. The molecule has 0 fully saturated rings. The van der Waals surface area contributed by atoms with Crippen LogP contribution in [0.4, 0.5) is 0 Å². The van der Waals surface area contributed by atoms with Crippen LogP contribution in [0.3, 0.4) is 0 Å². The van der Waals surface area contributed by atoms with Crippen molar-refractivity contribution in [2.75, 3.05) is 6.54 Å². The number of benzene rings is 1. The summed E-state index contributed by atoms with van der Waals surface area (Å²) in [6.45, 7) is 7.21. The Kier molecular flexibility index (Phi) is 5.07. The van der Waals surface area contributed by atoms with Crippen molar-refractivity contribution < 1.29 is 0 Å². The summed E-state index contributed by atoms with van der Waals surface area (Å²) in [7, 11) is 0. The van der Waals surface area contributed by atoms with Crippen molar-refractivity contribution in [1.82, 2.24) is 5.32 Å². The first-order valence-corrected chi connectivity index (χ1v) is 8.27. The molecule has 1 aromatic heterocycles. The third-order valence-corrected chi connectivity index (χ3v) is 5.80. The van der Waals surface area contributed by atoms with Crippen molar-refractivity contribution in [3.8, 4) is 0 Å². The van der Waals surface area contributed by atoms with Gasteiger partial charge in [0.2, 0.25) is 0 Å². The van der Waals surface area contributed by atoms with Gasteiger partial charge in [-0.15, -0.1) is 11.3 Å². The number of aryl methyl sites for hydroxylation is 2. The highest BCUT2D eigenvalue weighted by Crippen LogP contribution is 2.37. The van der Waals surface area contributed by atoms with Gasteiger partial charge in [-0.1, -0.05) is 52.7 Å². The Balaban J connectivity index is 2.48. The van der Waals surface area contributed by atoms with Crippen molar-refractivity contribution in [3.05, 3.63) is 54.6 Å². The molecule has 102 valence electrons. The highest BCUT2D eigenvalue weighted by atomic mass is 79.9. The van der Waals surface area contributed by atoms with E-state index in [1.807, 2.05) is 0 Å². The van der Waals surface area contributed by atoms with Gasteiger partial charge < -0.3 is 5.32 Å². The van der Waals surface area contributed by atoms with E-state index in [0.717, 1.165) is 16.4 Å². The highest BCUT2D eigenvalue weighted by Gasteiger charge is 2.19. The molecular weight excluding hydrogens is 342 g/mol. The third kappa shape index (κ3) is 3.22. The molecule has 0 aliphatic carbocycles. The quantitative estimate of drug-likeness (QED) is 0.763. The van der Waals surface area contributed by atoms with Gasteiger partial charge in [0.05, 0.1) is 10.4 Å². The zero-order valence-corrected chi connectivity index (χ0v) is 14.4. The standard InChI is InChI=1S/C15H17BrClNS/c1-4-18-14(12-8-10(3)15(17)19-12)11-7-5-6-9(2)13(11)16/h5-8,14,18H,4H2,1-3H3. The number of nitrogens with one attached hydrogen (secondary N) is 1. The van der Waals surface area contributed by atoms with E-state index in [9.17, 15) is 0 Å². The summed E-state index contributed by atoms with van der Waals surface area (Å²) in [6, 6.07) is 8.74. The predicted octanol–water partition coefficient (Wildman–Crippen LogP) is 5.48. The number of rotatable bonds is 4. The van der Waals surface area contributed by atoms with E-state index in [0.29, 0.717) is 0 Å². The number of hydrogen-bond acceptors (Lipinski definition) is 2. The average molecular weight is 359 g/mol. The normalized spacial score (nSPS) is 12.7. The molecule has 4 heteroatoms. The number of hydrogen-bond donors (Lipinski definition) is 1. The van der Waals surface area contributed by atoms with Crippen LogP contribution in [0.25, 0.3) is 0 Å². The molecular formula is C15H17BrClNS.